The summed E-state index contributed by atoms with van der Waals surface area (Å²) in [5.41, 5.74) is 2.35. The van der Waals surface area contributed by atoms with Crippen molar-refractivity contribution in [1.29, 1.82) is 0 Å². The number of β-amino-alcohol motifs (C(OH)–C–C–N with tert-alkyl or cyclic N) is 1. The number of nitrogens with zero attached hydrogens (tertiary/aromatic N) is 5. The maximum Gasteiger partial charge on any atom is 0.361 e. The molecule has 11 heteroatoms. The second-order valence-electron chi connectivity index (χ2n) is 10.3. The molecule has 1 fully saturated rings. The van der Waals surface area contributed by atoms with Crippen molar-refractivity contribution >= 4 is 17.0 Å². The van der Waals surface area contributed by atoms with Crippen molar-refractivity contribution in [3.05, 3.63) is 100 Å². The molecule has 2 aromatic heterocycles. The molecule has 0 unspecified atom stereocenters. The molecule has 3 heterocycles. The van der Waals surface area contributed by atoms with Crippen molar-refractivity contribution in [2.45, 2.75) is 26.0 Å². The van der Waals surface area contributed by atoms with E-state index in [1.807, 2.05) is 24.3 Å². The number of hydrogen-bond donors (Lipinski definition) is 1. The van der Waals surface area contributed by atoms with E-state index in [1.54, 1.807) is 37.3 Å². The number of hydrogen-bond acceptors (Lipinski definition) is 8. The molecule has 1 aliphatic rings. The summed E-state index contributed by atoms with van der Waals surface area (Å²) < 4.78 is 28.6. The van der Waals surface area contributed by atoms with Crippen molar-refractivity contribution in [3.63, 3.8) is 0 Å². The standard InChI is InChI=1S/C32H30FN5O5/c1-3-43-32(41)29-28-30(38(35-29)22-9-11-24(42-2)12-10-22)31(40)37(19-34-28)27-13-8-20(16-26(27)33)25-7-5-4-6-21(25)17-36-15-14-23(39)18-36/h4-13,16,19,23,39H,3,14-15,17-18H2,1-2H3/t23-/m1/s1. The summed E-state index contributed by atoms with van der Waals surface area (Å²) in [6, 6.07) is 19.2. The van der Waals surface area contributed by atoms with E-state index in [-0.39, 0.29) is 35.1 Å². The average molecular weight is 584 g/mol. The third kappa shape index (κ3) is 5.40. The van der Waals surface area contributed by atoms with E-state index in [0.717, 1.165) is 28.7 Å². The van der Waals surface area contributed by atoms with Crippen molar-refractivity contribution in [2.24, 2.45) is 0 Å². The Morgan fingerprint density at radius 1 is 1.12 bits per heavy atom. The first-order valence-corrected chi connectivity index (χ1v) is 14.0. The van der Waals surface area contributed by atoms with E-state index in [4.69, 9.17) is 9.47 Å². The first-order valence-electron chi connectivity index (χ1n) is 14.0. The second kappa shape index (κ2) is 11.8. The number of aromatic nitrogens is 4. The number of likely N-dealkylation sites (tertiary alicyclic amines) is 1. The van der Waals surface area contributed by atoms with Crippen LogP contribution < -0.4 is 10.3 Å². The van der Waals surface area contributed by atoms with Crippen molar-refractivity contribution in [2.75, 3.05) is 26.8 Å². The van der Waals surface area contributed by atoms with Crippen molar-refractivity contribution in [3.8, 4) is 28.3 Å². The number of carbonyl (C=O) groups excluding carboxylic acids is 1. The van der Waals surface area contributed by atoms with Gasteiger partial charge in [-0.25, -0.2) is 18.9 Å². The van der Waals surface area contributed by atoms with Gasteiger partial charge in [0.15, 0.2) is 11.2 Å². The fraction of sp³-hybridized carbons (Fsp3) is 0.250. The minimum absolute atomic E-state index is 0.00246. The molecule has 220 valence electrons. The summed E-state index contributed by atoms with van der Waals surface area (Å²) in [6.45, 7) is 3.82. The van der Waals surface area contributed by atoms with Gasteiger partial charge in [-0.2, -0.15) is 5.10 Å². The predicted octanol–water partition coefficient (Wildman–Crippen LogP) is 4.13. The predicted molar refractivity (Wildman–Crippen MR) is 158 cm³/mol. The highest BCUT2D eigenvalue weighted by molar-refractivity contribution is 6.00. The highest BCUT2D eigenvalue weighted by atomic mass is 19.1. The van der Waals surface area contributed by atoms with E-state index < -0.39 is 17.3 Å². The SMILES string of the molecule is CCOC(=O)c1nn(-c2ccc(OC)cc2)c2c(=O)n(-c3ccc(-c4ccccc4CN4CC[C@@H](O)C4)cc3F)cnc12. The Labute approximate surface area is 246 Å². The molecule has 5 aromatic rings. The van der Waals surface area contributed by atoms with Crippen molar-refractivity contribution in [1.82, 2.24) is 24.2 Å². The number of aliphatic hydroxyl groups excluding tert-OH is 1. The minimum Gasteiger partial charge on any atom is -0.497 e. The largest absolute Gasteiger partial charge is 0.497 e. The lowest BCUT2D eigenvalue weighted by Gasteiger charge is -2.18. The molecule has 3 aromatic carbocycles. The maximum atomic E-state index is 15.8. The Morgan fingerprint density at radius 3 is 2.60 bits per heavy atom. The van der Waals surface area contributed by atoms with Crippen LogP contribution in [0.2, 0.25) is 0 Å². The average Bonchev–Trinajstić information content (AvgIpc) is 3.62. The van der Waals surface area contributed by atoms with E-state index in [1.165, 1.54) is 30.3 Å². The summed E-state index contributed by atoms with van der Waals surface area (Å²) in [5, 5.41) is 14.3. The molecule has 0 radical (unpaired) electrons. The van der Waals surface area contributed by atoms with Gasteiger partial charge >= 0.3 is 5.97 Å². The molecule has 10 nitrogen and oxygen atoms in total. The number of halogens is 1. The van der Waals surface area contributed by atoms with Gasteiger partial charge in [-0.1, -0.05) is 30.3 Å². The first-order chi connectivity index (χ1) is 20.9. The zero-order chi connectivity index (χ0) is 30.1. The Hall–Kier alpha value is -4.87. The van der Waals surface area contributed by atoms with Gasteiger partial charge in [-0.3, -0.25) is 14.3 Å². The van der Waals surface area contributed by atoms with Crippen LogP contribution >= 0.6 is 0 Å². The van der Waals surface area contributed by atoms with Crippen LogP contribution in [-0.2, 0) is 11.3 Å². The molecule has 6 rings (SSSR count). The quantitative estimate of drug-likeness (QED) is 0.272. The lowest BCUT2D eigenvalue weighted by Crippen LogP contribution is -2.22. The van der Waals surface area contributed by atoms with Crippen LogP contribution in [0.15, 0.2) is 77.9 Å². The normalized spacial score (nSPS) is 15.2. The van der Waals surface area contributed by atoms with Gasteiger partial charge in [-0.05, 0) is 66.4 Å². The first kappa shape index (κ1) is 28.3. The molecule has 0 spiro atoms. The number of ether oxygens (including phenoxy) is 2. The maximum absolute atomic E-state index is 15.8. The molecule has 0 saturated carbocycles. The number of carbonyl (C=O) groups is 1. The molecule has 0 bridgehead atoms. The molecule has 1 N–H and O–H groups in total. The van der Waals surface area contributed by atoms with Gasteiger partial charge in [-0.15, -0.1) is 0 Å². The third-order valence-electron chi connectivity index (χ3n) is 7.55. The molecule has 0 aliphatic carbocycles. The molecular formula is C32H30FN5O5. The summed E-state index contributed by atoms with van der Waals surface area (Å²) in [6.07, 6.45) is 1.60. The van der Waals surface area contributed by atoms with E-state index in [0.29, 0.717) is 30.1 Å². The van der Waals surface area contributed by atoms with Crippen LogP contribution in [0.4, 0.5) is 4.39 Å². The van der Waals surface area contributed by atoms with Gasteiger partial charge in [0.2, 0.25) is 0 Å². The molecule has 43 heavy (non-hydrogen) atoms. The topological polar surface area (TPSA) is 112 Å². The summed E-state index contributed by atoms with van der Waals surface area (Å²) in [7, 11) is 1.54. The number of benzene rings is 3. The molecular weight excluding hydrogens is 553 g/mol. The smallest absolute Gasteiger partial charge is 0.361 e. The molecule has 1 atom stereocenters. The Bertz CT molecular complexity index is 1870. The number of aliphatic hydroxyl groups is 1. The fourth-order valence-corrected chi connectivity index (χ4v) is 5.43. The lowest BCUT2D eigenvalue weighted by molar-refractivity contribution is 0.0521. The minimum atomic E-state index is -0.720. The van der Waals surface area contributed by atoms with Gasteiger partial charge in [0, 0.05) is 19.6 Å². The Balaban J connectivity index is 1.42. The zero-order valence-electron chi connectivity index (χ0n) is 23.7. The van der Waals surface area contributed by atoms with Crippen molar-refractivity contribution < 1.29 is 23.8 Å². The van der Waals surface area contributed by atoms with E-state index >= 15 is 4.39 Å². The highest BCUT2D eigenvalue weighted by Crippen LogP contribution is 2.29. The summed E-state index contributed by atoms with van der Waals surface area (Å²) >= 11 is 0. The van der Waals surface area contributed by atoms with E-state index in [9.17, 15) is 14.7 Å². The fourth-order valence-electron chi connectivity index (χ4n) is 5.43. The van der Waals surface area contributed by atoms with Gasteiger partial charge < -0.3 is 14.6 Å². The van der Waals surface area contributed by atoms with Crippen LogP contribution in [0.1, 0.15) is 29.4 Å². The van der Waals surface area contributed by atoms with Crippen LogP contribution in [-0.4, -0.2) is 68.2 Å². The number of fused-ring (bicyclic) bond motifs is 1. The molecule has 0 amide bonds. The zero-order valence-corrected chi connectivity index (χ0v) is 23.7. The number of esters is 1. The third-order valence-corrected chi connectivity index (χ3v) is 7.55. The van der Waals surface area contributed by atoms with Gasteiger partial charge in [0.25, 0.3) is 5.56 Å². The number of rotatable bonds is 8. The monoisotopic (exact) mass is 583 g/mol. The lowest BCUT2D eigenvalue weighted by atomic mass is 9.99. The Morgan fingerprint density at radius 2 is 1.91 bits per heavy atom. The molecule has 1 saturated heterocycles. The highest BCUT2D eigenvalue weighted by Gasteiger charge is 2.25. The van der Waals surface area contributed by atoms with Crippen LogP contribution in [0.5, 0.6) is 5.75 Å². The van der Waals surface area contributed by atoms with Crippen LogP contribution in [0, 0.1) is 5.82 Å². The van der Waals surface area contributed by atoms with Crippen LogP contribution in [0.3, 0.4) is 0 Å². The van der Waals surface area contributed by atoms with E-state index in [2.05, 4.69) is 15.0 Å². The summed E-state index contributed by atoms with van der Waals surface area (Å²) in [5.74, 6) is -0.738. The Kier molecular flexibility index (Phi) is 7.75. The number of methoxy groups -OCH3 is 1. The van der Waals surface area contributed by atoms with Crippen LogP contribution in [0.25, 0.3) is 33.5 Å². The summed E-state index contributed by atoms with van der Waals surface area (Å²) in [4.78, 5) is 33.2. The van der Waals surface area contributed by atoms with Gasteiger partial charge in [0.05, 0.1) is 31.2 Å². The second-order valence-corrected chi connectivity index (χ2v) is 10.3. The van der Waals surface area contributed by atoms with Gasteiger partial charge in [0.1, 0.15) is 23.4 Å². The molecule has 1 aliphatic heterocycles.